The van der Waals surface area contributed by atoms with Crippen molar-refractivity contribution >= 4 is 28.5 Å². The summed E-state index contributed by atoms with van der Waals surface area (Å²) in [6.45, 7) is 5.53. The van der Waals surface area contributed by atoms with Crippen LogP contribution in [0.4, 0.5) is 0 Å². The zero-order chi connectivity index (χ0) is 15.2. The molecule has 21 heavy (non-hydrogen) atoms. The number of hydrogen-bond donors (Lipinski definition) is 0. The van der Waals surface area contributed by atoms with E-state index in [0.717, 1.165) is 28.6 Å². The maximum atomic E-state index is 12.6. The molecule has 0 unspecified atom stereocenters. The van der Waals surface area contributed by atoms with E-state index in [2.05, 4.69) is 40.8 Å². The Kier molecular flexibility index (Phi) is 5.79. The highest BCUT2D eigenvalue weighted by Gasteiger charge is 2.16. The smallest absolute Gasteiger partial charge is 0.254 e. The Labute approximate surface area is 140 Å². The minimum Gasteiger partial charge on any atom is -0.339 e. The summed E-state index contributed by atoms with van der Waals surface area (Å²) in [4.78, 5) is 14.4. The lowest BCUT2D eigenvalue weighted by molar-refractivity contribution is 0.0772. The molecule has 0 heterocycles. The van der Waals surface area contributed by atoms with Crippen molar-refractivity contribution in [3.63, 3.8) is 0 Å². The second-order valence-electron chi connectivity index (χ2n) is 4.85. The van der Waals surface area contributed by atoms with Gasteiger partial charge >= 0.3 is 0 Å². The van der Waals surface area contributed by atoms with Crippen LogP contribution in [0.25, 0.3) is 11.1 Å². The van der Waals surface area contributed by atoms with Gasteiger partial charge in [-0.1, -0.05) is 59.0 Å². The zero-order valence-corrected chi connectivity index (χ0v) is 14.6. The predicted molar refractivity (Wildman–Crippen MR) is 96.9 cm³/mol. The second kappa shape index (κ2) is 7.59. The molecule has 110 valence electrons. The highest BCUT2D eigenvalue weighted by molar-refractivity contribution is 14.1. The summed E-state index contributed by atoms with van der Waals surface area (Å²) in [5.74, 6) is 0.131. The minimum absolute atomic E-state index is 0.131. The molecule has 2 nitrogen and oxygen atoms in total. The largest absolute Gasteiger partial charge is 0.339 e. The Balaban J connectivity index is 2.40. The van der Waals surface area contributed by atoms with E-state index in [0.29, 0.717) is 0 Å². The number of amides is 1. The van der Waals surface area contributed by atoms with E-state index in [4.69, 9.17) is 0 Å². The maximum absolute atomic E-state index is 12.6. The average Bonchev–Trinajstić information content (AvgIpc) is 2.56. The summed E-state index contributed by atoms with van der Waals surface area (Å²) >= 11 is 2.33. The maximum Gasteiger partial charge on any atom is 0.254 e. The van der Waals surface area contributed by atoms with Gasteiger partial charge in [0.1, 0.15) is 0 Å². The van der Waals surface area contributed by atoms with Crippen LogP contribution >= 0.6 is 22.6 Å². The molecule has 2 aromatic carbocycles. The van der Waals surface area contributed by atoms with E-state index in [9.17, 15) is 4.79 Å². The van der Waals surface area contributed by atoms with Crippen LogP contribution in [0.2, 0.25) is 0 Å². The van der Waals surface area contributed by atoms with E-state index >= 15 is 0 Å². The van der Waals surface area contributed by atoms with Crippen molar-refractivity contribution in [1.29, 1.82) is 0 Å². The number of hydrogen-bond acceptors (Lipinski definition) is 1. The van der Waals surface area contributed by atoms with Crippen molar-refractivity contribution in [2.24, 2.45) is 0 Å². The quantitative estimate of drug-likeness (QED) is 0.529. The van der Waals surface area contributed by atoms with Gasteiger partial charge in [-0.2, -0.15) is 0 Å². The fourth-order valence-corrected chi connectivity index (χ4v) is 3.04. The molecule has 2 aromatic rings. The molecule has 0 bridgehead atoms. The molecule has 0 aliphatic carbocycles. The standard InChI is InChI=1S/C18H20INO/c1-3-20(4-2)18(21)17-11-10-15(12-16(17)13-19)14-8-6-5-7-9-14/h5-12H,3-4,13H2,1-2H3. The van der Waals surface area contributed by atoms with Crippen molar-refractivity contribution in [2.75, 3.05) is 13.1 Å². The van der Waals surface area contributed by atoms with Crippen molar-refractivity contribution in [1.82, 2.24) is 4.90 Å². The molecule has 0 fully saturated rings. The second-order valence-corrected chi connectivity index (χ2v) is 5.61. The molecular weight excluding hydrogens is 373 g/mol. The van der Waals surface area contributed by atoms with Crippen LogP contribution in [0.15, 0.2) is 48.5 Å². The highest BCUT2D eigenvalue weighted by Crippen LogP contribution is 2.25. The summed E-state index contributed by atoms with van der Waals surface area (Å²) in [7, 11) is 0. The number of halogens is 1. The third-order valence-corrected chi connectivity index (χ3v) is 4.46. The van der Waals surface area contributed by atoms with Gasteiger partial charge in [-0.25, -0.2) is 0 Å². The molecule has 1 amide bonds. The molecule has 0 aromatic heterocycles. The van der Waals surface area contributed by atoms with E-state index in [-0.39, 0.29) is 5.91 Å². The SMILES string of the molecule is CCN(CC)C(=O)c1ccc(-c2ccccc2)cc1CI. The van der Waals surface area contributed by atoms with E-state index in [1.54, 1.807) is 0 Å². The molecule has 3 heteroatoms. The first-order valence-electron chi connectivity index (χ1n) is 7.24. The molecule has 0 radical (unpaired) electrons. The monoisotopic (exact) mass is 393 g/mol. The lowest BCUT2D eigenvalue weighted by atomic mass is 9.99. The summed E-state index contributed by atoms with van der Waals surface area (Å²) in [5.41, 5.74) is 4.28. The molecule has 0 spiro atoms. The van der Waals surface area contributed by atoms with Crippen LogP contribution in [0.5, 0.6) is 0 Å². The first-order chi connectivity index (χ1) is 10.2. The zero-order valence-electron chi connectivity index (χ0n) is 12.5. The van der Waals surface area contributed by atoms with Gasteiger partial charge in [0.2, 0.25) is 0 Å². The Morgan fingerprint density at radius 2 is 1.67 bits per heavy atom. The number of alkyl halides is 1. The molecule has 0 aliphatic heterocycles. The number of carbonyl (C=O) groups excluding carboxylic acids is 1. The Hall–Kier alpha value is -1.36. The van der Waals surface area contributed by atoms with E-state index in [1.807, 2.05) is 49.1 Å². The van der Waals surface area contributed by atoms with Gasteiger partial charge in [0.25, 0.3) is 5.91 Å². The highest BCUT2D eigenvalue weighted by atomic mass is 127. The van der Waals surface area contributed by atoms with Gasteiger partial charge in [-0.05, 0) is 42.7 Å². The molecule has 0 saturated carbocycles. The van der Waals surface area contributed by atoms with Crippen LogP contribution in [0, 0.1) is 0 Å². The molecule has 0 saturated heterocycles. The van der Waals surface area contributed by atoms with E-state index in [1.165, 1.54) is 11.1 Å². The van der Waals surface area contributed by atoms with Gasteiger partial charge in [-0.15, -0.1) is 0 Å². The molecular formula is C18H20INO. The van der Waals surface area contributed by atoms with Crippen molar-refractivity contribution < 1.29 is 4.79 Å². The number of nitrogens with zero attached hydrogens (tertiary/aromatic N) is 1. The first kappa shape index (κ1) is 16.0. The van der Waals surface area contributed by atoms with Gasteiger partial charge in [-0.3, -0.25) is 4.79 Å². The fourth-order valence-electron chi connectivity index (χ4n) is 2.40. The Bertz CT molecular complexity index is 606. The third-order valence-electron chi connectivity index (χ3n) is 3.64. The summed E-state index contributed by atoms with van der Waals surface area (Å²) in [6, 6.07) is 16.4. The van der Waals surface area contributed by atoms with Crippen LogP contribution < -0.4 is 0 Å². The van der Waals surface area contributed by atoms with Crippen molar-refractivity contribution in [3.8, 4) is 11.1 Å². The number of benzene rings is 2. The van der Waals surface area contributed by atoms with Crippen molar-refractivity contribution in [2.45, 2.75) is 18.3 Å². The van der Waals surface area contributed by atoms with Crippen molar-refractivity contribution in [3.05, 3.63) is 59.7 Å². The Morgan fingerprint density at radius 1 is 1.00 bits per heavy atom. The molecule has 0 atom stereocenters. The summed E-state index contributed by atoms with van der Waals surface area (Å²) in [5, 5.41) is 0. The number of carbonyl (C=O) groups is 1. The number of rotatable bonds is 5. The van der Waals surface area contributed by atoms with Crippen LogP contribution in [0.1, 0.15) is 29.8 Å². The van der Waals surface area contributed by atoms with Gasteiger partial charge in [0.15, 0.2) is 0 Å². The lowest BCUT2D eigenvalue weighted by Crippen LogP contribution is -2.31. The van der Waals surface area contributed by atoms with Crippen LogP contribution in [-0.4, -0.2) is 23.9 Å². The Morgan fingerprint density at radius 3 is 2.24 bits per heavy atom. The fraction of sp³-hybridized carbons (Fsp3) is 0.278. The van der Waals surface area contributed by atoms with Crippen LogP contribution in [-0.2, 0) is 4.43 Å². The van der Waals surface area contributed by atoms with Crippen LogP contribution in [0.3, 0.4) is 0 Å². The lowest BCUT2D eigenvalue weighted by Gasteiger charge is -2.20. The van der Waals surface area contributed by atoms with E-state index < -0.39 is 0 Å². The third kappa shape index (κ3) is 3.64. The average molecular weight is 393 g/mol. The predicted octanol–water partition coefficient (Wildman–Crippen LogP) is 4.77. The topological polar surface area (TPSA) is 20.3 Å². The van der Waals surface area contributed by atoms with Gasteiger partial charge in [0.05, 0.1) is 0 Å². The molecule has 0 aliphatic rings. The first-order valence-corrected chi connectivity index (χ1v) is 8.77. The summed E-state index contributed by atoms with van der Waals surface area (Å²) in [6.07, 6.45) is 0. The van der Waals surface area contributed by atoms with Gasteiger partial charge < -0.3 is 4.90 Å². The van der Waals surface area contributed by atoms with Gasteiger partial charge in [0, 0.05) is 23.1 Å². The summed E-state index contributed by atoms with van der Waals surface area (Å²) < 4.78 is 0.834. The molecule has 0 N–H and O–H groups in total. The minimum atomic E-state index is 0.131. The normalized spacial score (nSPS) is 10.4. The molecule has 2 rings (SSSR count).